The zero-order valence-electron chi connectivity index (χ0n) is 10.5. The van der Waals surface area contributed by atoms with Gasteiger partial charge in [-0.25, -0.2) is 9.97 Å². The van der Waals surface area contributed by atoms with Crippen LogP contribution in [-0.4, -0.2) is 9.97 Å². The van der Waals surface area contributed by atoms with Gasteiger partial charge in [0.05, 0.1) is 12.5 Å². The van der Waals surface area contributed by atoms with Crippen LogP contribution in [0.25, 0.3) is 0 Å². The molecule has 0 fully saturated rings. The summed E-state index contributed by atoms with van der Waals surface area (Å²) in [5.41, 5.74) is 1.95. The fraction of sp³-hybridized carbons (Fsp3) is 0.385. The van der Waals surface area contributed by atoms with Crippen molar-refractivity contribution in [3.8, 4) is 0 Å². The SMILES string of the molecule is CCCc1nc(Cl)c(C)c(NCc2ccoc2)n1. The zero-order valence-corrected chi connectivity index (χ0v) is 11.3. The van der Waals surface area contributed by atoms with Crippen molar-refractivity contribution < 1.29 is 4.42 Å². The molecule has 0 aliphatic carbocycles. The first kappa shape index (κ1) is 12.9. The minimum absolute atomic E-state index is 0.517. The number of rotatable bonds is 5. The molecular weight excluding hydrogens is 250 g/mol. The van der Waals surface area contributed by atoms with E-state index in [1.165, 1.54) is 0 Å². The third-order valence-corrected chi connectivity index (χ3v) is 3.01. The van der Waals surface area contributed by atoms with Gasteiger partial charge in [0.15, 0.2) is 0 Å². The molecule has 0 unspecified atom stereocenters. The molecule has 0 aliphatic rings. The molecule has 0 bridgehead atoms. The number of nitrogens with zero attached hydrogens (tertiary/aromatic N) is 2. The Hall–Kier alpha value is -1.55. The van der Waals surface area contributed by atoms with Crippen LogP contribution in [0, 0.1) is 6.92 Å². The van der Waals surface area contributed by atoms with E-state index < -0.39 is 0 Å². The number of aryl methyl sites for hydroxylation is 1. The van der Waals surface area contributed by atoms with Gasteiger partial charge in [-0.1, -0.05) is 18.5 Å². The molecule has 0 amide bonds. The van der Waals surface area contributed by atoms with Crippen LogP contribution >= 0.6 is 11.6 Å². The van der Waals surface area contributed by atoms with Gasteiger partial charge < -0.3 is 9.73 Å². The summed E-state index contributed by atoms with van der Waals surface area (Å²) in [5, 5.41) is 3.78. The van der Waals surface area contributed by atoms with Crippen molar-refractivity contribution in [2.45, 2.75) is 33.2 Å². The van der Waals surface area contributed by atoms with Gasteiger partial charge in [0.1, 0.15) is 16.8 Å². The number of hydrogen-bond donors (Lipinski definition) is 1. The number of aromatic nitrogens is 2. The summed E-state index contributed by atoms with van der Waals surface area (Å²) in [6, 6.07) is 1.91. The fourth-order valence-corrected chi connectivity index (χ4v) is 1.81. The first-order valence-corrected chi connectivity index (χ1v) is 6.36. The van der Waals surface area contributed by atoms with E-state index in [0.29, 0.717) is 11.7 Å². The summed E-state index contributed by atoms with van der Waals surface area (Å²) in [6.07, 6.45) is 5.19. The van der Waals surface area contributed by atoms with Gasteiger partial charge in [-0.3, -0.25) is 0 Å². The average molecular weight is 266 g/mol. The van der Waals surface area contributed by atoms with Gasteiger partial charge in [0.2, 0.25) is 0 Å². The van der Waals surface area contributed by atoms with Gasteiger partial charge >= 0.3 is 0 Å². The van der Waals surface area contributed by atoms with Crippen molar-refractivity contribution in [1.29, 1.82) is 0 Å². The Bertz CT molecular complexity index is 511. The molecule has 2 rings (SSSR count). The Labute approximate surface area is 111 Å². The standard InChI is InChI=1S/C13H16ClN3O/c1-3-4-11-16-12(14)9(2)13(17-11)15-7-10-5-6-18-8-10/h5-6,8H,3-4,7H2,1-2H3,(H,15,16,17). The Morgan fingerprint density at radius 3 is 2.89 bits per heavy atom. The molecule has 4 nitrogen and oxygen atoms in total. The molecule has 0 atom stereocenters. The molecule has 18 heavy (non-hydrogen) atoms. The smallest absolute Gasteiger partial charge is 0.137 e. The summed E-state index contributed by atoms with van der Waals surface area (Å²) in [5.74, 6) is 1.57. The van der Waals surface area contributed by atoms with E-state index in [9.17, 15) is 0 Å². The molecule has 5 heteroatoms. The predicted octanol–water partition coefficient (Wildman–Crippen LogP) is 3.60. The van der Waals surface area contributed by atoms with E-state index in [1.807, 2.05) is 13.0 Å². The molecule has 0 aliphatic heterocycles. The minimum Gasteiger partial charge on any atom is -0.472 e. The molecule has 2 aromatic rings. The van der Waals surface area contributed by atoms with E-state index in [2.05, 4.69) is 22.2 Å². The highest BCUT2D eigenvalue weighted by Gasteiger charge is 2.09. The van der Waals surface area contributed by atoms with Crippen molar-refractivity contribution in [3.63, 3.8) is 0 Å². The monoisotopic (exact) mass is 265 g/mol. The number of hydrogen-bond acceptors (Lipinski definition) is 4. The molecule has 0 spiro atoms. The second-order valence-electron chi connectivity index (χ2n) is 4.14. The van der Waals surface area contributed by atoms with Gasteiger partial charge in [-0.15, -0.1) is 0 Å². The highest BCUT2D eigenvalue weighted by Crippen LogP contribution is 2.21. The zero-order chi connectivity index (χ0) is 13.0. The molecule has 1 N–H and O–H groups in total. The molecule has 96 valence electrons. The number of anilines is 1. The highest BCUT2D eigenvalue weighted by atomic mass is 35.5. The van der Waals surface area contributed by atoms with Crippen molar-refractivity contribution in [2.75, 3.05) is 5.32 Å². The van der Waals surface area contributed by atoms with Gasteiger partial charge in [-0.2, -0.15) is 0 Å². The van der Waals surface area contributed by atoms with E-state index in [4.69, 9.17) is 16.0 Å². The second-order valence-corrected chi connectivity index (χ2v) is 4.50. The van der Waals surface area contributed by atoms with Gasteiger partial charge in [0, 0.05) is 24.1 Å². The predicted molar refractivity (Wildman–Crippen MR) is 71.8 cm³/mol. The average Bonchev–Trinajstić information content (AvgIpc) is 2.85. The number of furan rings is 1. The van der Waals surface area contributed by atoms with E-state index >= 15 is 0 Å². The van der Waals surface area contributed by atoms with E-state index in [0.717, 1.165) is 35.6 Å². The molecule has 0 saturated carbocycles. The first-order valence-electron chi connectivity index (χ1n) is 5.98. The lowest BCUT2D eigenvalue weighted by Gasteiger charge is -2.10. The molecule has 0 aromatic carbocycles. The van der Waals surface area contributed by atoms with Crippen LogP contribution in [0.1, 0.15) is 30.3 Å². The summed E-state index contributed by atoms with van der Waals surface area (Å²) >= 11 is 6.11. The quantitative estimate of drug-likeness (QED) is 0.840. The maximum Gasteiger partial charge on any atom is 0.137 e. The second kappa shape index (κ2) is 5.87. The van der Waals surface area contributed by atoms with Crippen LogP contribution in [0.5, 0.6) is 0 Å². The van der Waals surface area contributed by atoms with Crippen LogP contribution in [0.2, 0.25) is 5.15 Å². The molecular formula is C13H16ClN3O. The Morgan fingerprint density at radius 1 is 1.39 bits per heavy atom. The summed E-state index contributed by atoms with van der Waals surface area (Å²) in [4.78, 5) is 8.75. The lowest BCUT2D eigenvalue weighted by atomic mass is 10.2. The normalized spacial score (nSPS) is 10.6. The van der Waals surface area contributed by atoms with Crippen LogP contribution < -0.4 is 5.32 Å². The molecule has 0 saturated heterocycles. The van der Waals surface area contributed by atoms with Crippen LogP contribution in [0.15, 0.2) is 23.0 Å². The summed E-state index contributed by atoms with van der Waals surface area (Å²) in [6.45, 7) is 4.67. The number of nitrogens with one attached hydrogen (secondary N) is 1. The Balaban J connectivity index is 2.15. The van der Waals surface area contributed by atoms with E-state index in [-0.39, 0.29) is 0 Å². The summed E-state index contributed by atoms with van der Waals surface area (Å²) < 4.78 is 5.02. The molecule has 2 aromatic heterocycles. The lowest BCUT2D eigenvalue weighted by Crippen LogP contribution is -2.07. The molecule has 0 radical (unpaired) electrons. The van der Waals surface area contributed by atoms with Crippen molar-refractivity contribution in [1.82, 2.24) is 9.97 Å². The largest absolute Gasteiger partial charge is 0.472 e. The van der Waals surface area contributed by atoms with Crippen molar-refractivity contribution in [2.24, 2.45) is 0 Å². The fourth-order valence-electron chi connectivity index (χ4n) is 1.62. The number of halogens is 1. The topological polar surface area (TPSA) is 51.0 Å². The minimum atomic E-state index is 0.517. The maximum atomic E-state index is 6.11. The molecule has 2 heterocycles. The Kier molecular flexibility index (Phi) is 4.20. The van der Waals surface area contributed by atoms with Crippen LogP contribution in [-0.2, 0) is 13.0 Å². The van der Waals surface area contributed by atoms with Gasteiger partial charge in [0.25, 0.3) is 0 Å². The third-order valence-electron chi connectivity index (χ3n) is 2.65. The van der Waals surface area contributed by atoms with Crippen LogP contribution in [0.4, 0.5) is 5.82 Å². The maximum absolute atomic E-state index is 6.11. The third kappa shape index (κ3) is 3.01. The first-order chi connectivity index (χ1) is 8.70. The van der Waals surface area contributed by atoms with Crippen molar-refractivity contribution in [3.05, 3.63) is 40.7 Å². The Morgan fingerprint density at radius 2 is 2.22 bits per heavy atom. The highest BCUT2D eigenvalue weighted by molar-refractivity contribution is 6.30. The van der Waals surface area contributed by atoms with Crippen molar-refractivity contribution >= 4 is 17.4 Å². The van der Waals surface area contributed by atoms with E-state index in [1.54, 1.807) is 12.5 Å². The van der Waals surface area contributed by atoms with Gasteiger partial charge in [-0.05, 0) is 19.4 Å². The summed E-state index contributed by atoms with van der Waals surface area (Å²) in [7, 11) is 0. The van der Waals surface area contributed by atoms with Crippen LogP contribution in [0.3, 0.4) is 0 Å². The lowest BCUT2D eigenvalue weighted by molar-refractivity contribution is 0.564.